The predicted molar refractivity (Wildman–Crippen MR) is 126 cm³/mol. The molecule has 0 saturated heterocycles. The van der Waals surface area contributed by atoms with Crippen LogP contribution in [0.5, 0.6) is 0 Å². The van der Waals surface area contributed by atoms with Crippen molar-refractivity contribution >= 4 is 34.8 Å². The normalized spacial score (nSPS) is 18.8. The van der Waals surface area contributed by atoms with Gasteiger partial charge in [0.05, 0.1) is 0 Å². The number of aromatic nitrogens is 2. The monoisotopic (exact) mass is 412 g/mol. The Morgan fingerprint density at radius 3 is 2.34 bits per heavy atom. The van der Waals surface area contributed by atoms with Gasteiger partial charge in [-0.3, -0.25) is 0 Å². The Bertz CT molecular complexity index is 858. The average Bonchev–Trinajstić information content (AvgIpc) is 2.68. The van der Waals surface area contributed by atoms with E-state index in [1.165, 1.54) is 16.7 Å². The van der Waals surface area contributed by atoms with Crippen LogP contribution in [0.15, 0.2) is 24.4 Å². The van der Waals surface area contributed by atoms with Gasteiger partial charge in [0.1, 0.15) is 5.82 Å². The van der Waals surface area contributed by atoms with Crippen molar-refractivity contribution in [1.29, 1.82) is 0 Å². The lowest BCUT2D eigenvalue weighted by molar-refractivity contribution is 0.387. The highest BCUT2D eigenvalue weighted by Crippen LogP contribution is 2.23. The SMILES string of the molecule is Cc1cc(C)c(NC(=S)N[C@H]2CC[C@@H](Nc3nccc(N(C)C)n3)CC2)cc1C. The molecule has 29 heavy (non-hydrogen) atoms. The molecule has 0 amide bonds. The fourth-order valence-corrected chi connectivity index (χ4v) is 3.95. The second-order valence-corrected chi connectivity index (χ2v) is 8.58. The van der Waals surface area contributed by atoms with Crippen LogP contribution in [0.25, 0.3) is 0 Å². The molecule has 1 fully saturated rings. The summed E-state index contributed by atoms with van der Waals surface area (Å²) in [5.41, 5.74) is 4.87. The first-order valence-corrected chi connectivity index (χ1v) is 10.6. The number of nitrogens with zero attached hydrogens (tertiary/aromatic N) is 3. The Kier molecular flexibility index (Phi) is 6.90. The van der Waals surface area contributed by atoms with Crippen LogP contribution >= 0.6 is 12.2 Å². The van der Waals surface area contributed by atoms with Crippen LogP contribution in [0.3, 0.4) is 0 Å². The van der Waals surface area contributed by atoms with Gasteiger partial charge in [0.25, 0.3) is 0 Å². The quantitative estimate of drug-likeness (QED) is 0.637. The Hall–Kier alpha value is -2.41. The predicted octanol–water partition coefficient (Wildman–Crippen LogP) is 4.18. The molecule has 7 heteroatoms. The van der Waals surface area contributed by atoms with Crippen LogP contribution in [0.4, 0.5) is 17.5 Å². The average molecular weight is 413 g/mol. The minimum atomic E-state index is 0.397. The van der Waals surface area contributed by atoms with E-state index in [-0.39, 0.29) is 0 Å². The molecule has 2 aromatic rings. The third-order valence-electron chi connectivity index (χ3n) is 5.58. The summed E-state index contributed by atoms with van der Waals surface area (Å²) in [6, 6.07) is 7.08. The summed E-state index contributed by atoms with van der Waals surface area (Å²) in [6.07, 6.45) is 6.07. The highest BCUT2D eigenvalue weighted by molar-refractivity contribution is 7.80. The summed E-state index contributed by atoms with van der Waals surface area (Å²) < 4.78 is 0. The van der Waals surface area contributed by atoms with Gasteiger partial charge in [0, 0.05) is 38.1 Å². The van der Waals surface area contributed by atoms with Gasteiger partial charge in [0.2, 0.25) is 5.95 Å². The summed E-state index contributed by atoms with van der Waals surface area (Å²) in [5, 5.41) is 11.1. The molecule has 1 heterocycles. The van der Waals surface area contributed by atoms with Crippen molar-refractivity contribution in [2.45, 2.75) is 58.5 Å². The Morgan fingerprint density at radius 1 is 1.00 bits per heavy atom. The van der Waals surface area contributed by atoms with Gasteiger partial charge in [0.15, 0.2) is 5.11 Å². The zero-order valence-corrected chi connectivity index (χ0v) is 18.9. The van der Waals surface area contributed by atoms with Gasteiger partial charge >= 0.3 is 0 Å². The fourth-order valence-electron chi connectivity index (χ4n) is 3.67. The maximum atomic E-state index is 5.56. The third kappa shape index (κ3) is 5.79. The van der Waals surface area contributed by atoms with Crippen LogP contribution < -0.4 is 20.9 Å². The van der Waals surface area contributed by atoms with Crippen molar-refractivity contribution < 1.29 is 0 Å². The number of hydrogen-bond acceptors (Lipinski definition) is 5. The number of anilines is 3. The molecule has 3 N–H and O–H groups in total. The third-order valence-corrected chi connectivity index (χ3v) is 5.80. The molecule has 1 aliphatic carbocycles. The first kappa shape index (κ1) is 21.3. The molecule has 1 aromatic heterocycles. The van der Waals surface area contributed by atoms with E-state index in [0.29, 0.717) is 23.1 Å². The van der Waals surface area contributed by atoms with Crippen LogP contribution in [0, 0.1) is 20.8 Å². The van der Waals surface area contributed by atoms with Crippen LogP contribution in [-0.4, -0.2) is 41.3 Å². The molecule has 0 bridgehead atoms. The molecule has 0 radical (unpaired) electrons. The standard InChI is InChI=1S/C22H32N6S/c1-14-12-16(3)19(13-15(14)2)26-22(29)25-18-8-6-17(7-9-18)24-21-23-11-10-20(27-21)28(4)5/h10-13,17-18H,6-9H2,1-5H3,(H,23,24,27)(H2,25,26,29)/t17-,18+. The maximum absolute atomic E-state index is 5.56. The van der Waals surface area contributed by atoms with E-state index >= 15 is 0 Å². The summed E-state index contributed by atoms with van der Waals surface area (Å²) in [6.45, 7) is 6.38. The number of thiocarbonyl (C=S) groups is 1. The lowest BCUT2D eigenvalue weighted by atomic mass is 9.91. The zero-order valence-electron chi connectivity index (χ0n) is 18.0. The van der Waals surface area contributed by atoms with Crippen LogP contribution in [0.1, 0.15) is 42.4 Å². The van der Waals surface area contributed by atoms with E-state index in [1.54, 1.807) is 6.20 Å². The summed E-state index contributed by atoms with van der Waals surface area (Å²) in [4.78, 5) is 10.9. The lowest BCUT2D eigenvalue weighted by Gasteiger charge is -2.30. The number of aryl methyl sites for hydroxylation is 3. The molecule has 1 aliphatic rings. The first-order valence-electron chi connectivity index (χ1n) is 10.2. The van der Waals surface area contributed by atoms with Crippen molar-refractivity contribution in [2.75, 3.05) is 29.6 Å². The van der Waals surface area contributed by atoms with Gasteiger partial charge < -0.3 is 20.9 Å². The van der Waals surface area contributed by atoms with Crippen LogP contribution in [0.2, 0.25) is 0 Å². The molecule has 6 nitrogen and oxygen atoms in total. The van der Waals surface area contributed by atoms with Crippen molar-refractivity contribution in [1.82, 2.24) is 15.3 Å². The molecule has 0 aliphatic heterocycles. The molecule has 3 rings (SSSR count). The van der Waals surface area contributed by atoms with Gasteiger partial charge in [-0.15, -0.1) is 0 Å². The Morgan fingerprint density at radius 2 is 1.66 bits per heavy atom. The minimum Gasteiger partial charge on any atom is -0.363 e. The molecule has 1 saturated carbocycles. The van der Waals surface area contributed by atoms with Gasteiger partial charge in [-0.1, -0.05) is 6.07 Å². The number of hydrogen-bond donors (Lipinski definition) is 3. The van der Waals surface area contributed by atoms with Gasteiger partial charge in [-0.25, -0.2) is 4.98 Å². The number of nitrogens with one attached hydrogen (secondary N) is 3. The van der Waals surface area contributed by atoms with Crippen LogP contribution in [-0.2, 0) is 0 Å². The molecule has 0 atom stereocenters. The summed E-state index contributed by atoms with van der Waals surface area (Å²) in [7, 11) is 3.97. The summed E-state index contributed by atoms with van der Waals surface area (Å²) >= 11 is 5.56. The molecule has 0 unspecified atom stereocenters. The minimum absolute atomic E-state index is 0.397. The van der Waals surface area contributed by atoms with E-state index in [0.717, 1.165) is 37.2 Å². The van der Waals surface area contributed by atoms with Crippen molar-refractivity contribution in [3.8, 4) is 0 Å². The number of rotatable bonds is 5. The largest absolute Gasteiger partial charge is 0.363 e. The van der Waals surface area contributed by atoms with Gasteiger partial charge in [-0.2, -0.15) is 4.98 Å². The van der Waals surface area contributed by atoms with Gasteiger partial charge in [-0.05, 0) is 87.5 Å². The summed E-state index contributed by atoms with van der Waals surface area (Å²) in [5.74, 6) is 1.62. The topological polar surface area (TPSA) is 65.1 Å². The first-order chi connectivity index (χ1) is 13.8. The smallest absolute Gasteiger partial charge is 0.224 e. The van der Waals surface area contributed by atoms with Crippen molar-refractivity contribution in [2.24, 2.45) is 0 Å². The molecular formula is C22H32N6S. The molecule has 0 spiro atoms. The second-order valence-electron chi connectivity index (χ2n) is 8.18. The molecular weight excluding hydrogens is 380 g/mol. The second kappa shape index (κ2) is 9.39. The maximum Gasteiger partial charge on any atom is 0.224 e. The number of benzene rings is 1. The molecule has 1 aromatic carbocycles. The highest BCUT2D eigenvalue weighted by Gasteiger charge is 2.22. The van der Waals surface area contributed by atoms with E-state index < -0.39 is 0 Å². The van der Waals surface area contributed by atoms with E-state index in [2.05, 4.69) is 58.8 Å². The van der Waals surface area contributed by atoms with E-state index in [9.17, 15) is 0 Å². The van der Waals surface area contributed by atoms with Crippen molar-refractivity contribution in [3.63, 3.8) is 0 Å². The zero-order chi connectivity index (χ0) is 21.0. The Labute approximate surface area is 179 Å². The van der Waals surface area contributed by atoms with Crippen molar-refractivity contribution in [3.05, 3.63) is 41.1 Å². The van der Waals surface area contributed by atoms with E-state index in [4.69, 9.17) is 12.2 Å². The Balaban J connectivity index is 1.48. The lowest BCUT2D eigenvalue weighted by Crippen LogP contribution is -2.42. The highest BCUT2D eigenvalue weighted by atomic mass is 32.1. The fraction of sp³-hybridized carbons (Fsp3) is 0.500. The molecule has 156 valence electrons. The van der Waals surface area contributed by atoms with E-state index in [1.807, 2.05) is 25.1 Å².